The molecule has 6 heterocycles. The van der Waals surface area contributed by atoms with E-state index in [1.807, 2.05) is 54.6 Å². The lowest BCUT2D eigenvalue weighted by Crippen LogP contribution is -2.36. The van der Waals surface area contributed by atoms with Gasteiger partial charge in [0.25, 0.3) is 5.56 Å². The lowest BCUT2D eigenvalue weighted by Gasteiger charge is -2.28. The number of nitrogen functional groups attached to an aromatic ring is 1. The Hall–Kier alpha value is -5.24. The number of fused-ring (bicyclic) bond motifs is 6. The zero-order valence-electron chi connectivity index (χ0n) is 28.2. The molecule has 4 N–H and O–H groups in total. The van der Waals surface area contributed by atoms with E-state index < -0.39 is 5.60 Å². The Morgan fingerprint density at radius 2 is 1.48 bits per heavy atom. The molecule has 0 saturated carbocycles. The first-order chi connectivity index (χ1) is 24.4. The number of ether oxygens (including phenoxy) is 2. The number of anilines is 5. The number of morpholine rings is 2. The van der Waals surface area contributed by atoms with Gasteiger partial charge in [-0.3, -0.25) is 4.79 Å². The van der Waals surface area contributed by atoms with Crippen LogP contribution in [0.25, 0.3) is 16.9 Å². The quantitative estimate of drug-likeness (QED) is 0.186. The fourth-order valence-electron chi connectivity index (χ4n) is 6.33. The highest BCUT2D eigenvalue weighted by molar-refractivity contribution is 5.77. The van der Waals surface area contributed by atoms with Crippen LogP contribution in [0.5, 0.6) is 0 Å². The Kier molecular flexibility index (Phi) is 9.78. The second kappa shape index (κ2) is 14.7. The third kappa shape index (κ3) is 7.34. The molecule has 0 amide bonds. The second-order valence-corrected chi connectivity index (χ2v) is 12.8. The molecule has 5 aromatic rings. The predicted octanol–water partition coefficient (Wildman–Crippen LogP) is 4.22. The van der Waals surface area contributed by atoms with Gasteiger partial charge in [0.05, 0.1) is 38.7 Å². The SMILES string of the molecule is C[C@]1(O)CC/C=C\Cn2c(=O)c3cnc(Nc4ccc(N5CCOCC5)cc4)nc3n2-c2cccc1n2.Nc1ccc(N2CCOCC2)cc1. The molecule has 2 saturated heterocycles. The van der Waals surface area contributed by atoms with Crippen LogP contribution in [-0.2, 0) is 21.6 Å². The fraction of sp³-hybridized carbons (Fsp3) is 0.351. The van der Waals surface area contributed by atoms with E-state index in [0.29, 0.717) is 47.9 Å². The minimum absolute atomic E-state index is 0.195. The van der Waals surface area contributed by atoms with Crippen LogP contribution in [0.3, 0.4) is 0 Å². The van der Waals surface area contributed by atoms with Crippen LogP contribution < -0.4 is 26.4 Å². The highest BCUT2D eigenvalue weighted by Crippen LogP contribution is 2.27. The van der Waals surface area contributed by atoms with E-state index in [1.54, 1.807) is 22.5 Å². The molecule has 8 rings (SSSR count). The highest BCUT2D eigenvalue weighted by atomic mass is 16.5. The number of allylic oxidation sites excluding steroid dienone is 2. The van der Waals surface area contributed by atoms with E-state index in [4.69, 9.17) is 25.2 Å². The van der Waals surface area contributed by atoms with Crippen LogP contribution in [0.1, 0.15) is 25.5 Å². The Bertz CT molecular complexity index is 1990. The minimum Gasteiger partial charge on any atom is -0.399 e. The first kappa shape index (κ1) is 33.3. The maximum atomic E-state index is 13.3. The molecule has 260 valence electrons. The van der Waals surface area contributed by atoms with Gasteiger partial charge in [-0.05, 0) is 80.4 Å². The van der Waals surface area contributed by atoms with Crippen LogP contribution in [0.15, 0.2) is 89.9 Å². The molecule has 2 fully saturated rings. The van der Waals surface area contributed by atoms with Crippen molar-refractivity contribution in [3.8, 4) is 5.82 Å². The monoisotopic (exact) mass is 677 g/mol. The first-order valence-electron chi connectivity index (χ1n) is 17.1. The van der Waals surface area contributed by atoms with E-state index >= 15 is 0 Å². The molecular weight excluding hydrogens is 634 g/mol. The van der Waals surface area contributed by atoms with Gasteiger partial charge >= 0.3 is 0 Å². The topological polar surface area (TPSA) is 149 Å². The summed E-state index contributed by atoms with van der Waals surface area (Å²) in [5.74, 6) is 0.889. The van der Waals surface area contributed by atoms with Crippen LogP contribution in [0.2, 0.25) is 0 Å². The molecule has 3 aromatic heterocycles. The average molecular weight is 678 g/mol. The zero-order chi connectivity index (χ0) is 34.5. The van der Waals surface area contributed by atoms with Gasteiger partial charge in [-0.2, -0.15) is 4.98 Å². The van der Waals surface area contributed by atoms with Crippen molar-refractivity contribution in [2.24, 2.45) is 0 Å². The Morgan fingerprint density at radius 3 is 2.14 bits per heavy atom. The second-order valence-electron chi connectivity index (χ2n) is 12.8. The predicted molar refractivity (Wildman–Crippen MR) is 196 cm³/mol. The van der Waals surface area contributed by atoms with Gasteiger partial charge in [0, 0.05) is 55.1 Å². The molecular formula is C37H43N9O4. The van der Waals surface area contributed by atoms with E-state index in [2.05, 4.69) is 44.4 Å². The first-order valence-corrected chi connectivity index (χ1v) is 17.1. The van der Waals surface area contributed by atoms with Crippen LogP contribution in [0.4, 0.5) is 28.7 Å². The molecule has 13 nitrogen and oxygen atoms in total. The molecule has 0 spiro atoms. The van der Waals surface area contributed by atoms with Crippen molar-refractivity contribution in [3.63, 3.8) is 0 Å². The normalized spacial score (nSPS) is 19.9. The molecule has 50 heavy (non-hydrogen) atoms. The van der Waals surface area contributed by atoms with Crippen molar-refractivity contribution in [3.05, 3.63) is 101 Å². The largest absolute Gasteiger partial charge is 0.399 e. The van der Waals surface area contributed by atoms with Crippen LogP contribution in [-0.4, -0.2) is 82.0 Å². The average Bonchev–Trinajstić information content (AvgIpc) is 3.42. The van der Waals surface area contributed by atoms with Crippen molar-refractivity contribution in [2.75, 3.05) is 73.5 Å². The molecule has 2 bridgehead atoms. The maximum Gasteiger partial charge on any atom is 0.278 e. The lowest BCUT2D eigenvalue weighted by atomic mass is 9.95. The van der Waals surface area contributed by atoms with Gasteiger partial charge < -0.3 is 35.4 Å². The molecule has 0 radical (unpaired) electrons. The number of rotatable bonds is 4. The number of nitrogens with two attached hydrogens (primary N) is 1. The van der Waals surface area contributed by atoms with E-state index in [9.17, 15) is 9.90 Å². The van der Waals surface area contributed by atoms with Crippen molar-refractivity contribution >= 4 is 39.7 Å². The minimum atomic E-state index is -1.09. The molecule has 13 heteroatoms. The number of hydrogen-bond acceptors (Lipinski definition) is 11. The molecule has 2 aromatic carbocycles. The number of aromatic nitrogens is 5. The Morgan fingerprint density at radius 1 is 0.840 bits per heavy atom. The van der Waals surface area contributed by atoms with Crippen molar-refractivity contribution in [1.29, 1.82) is 0 Å². The molecule has 0 aliphatic carbocycles. The lowest BCUT2D eigenvalue weighted by molar-refractivity contribution is 0.0443. The van der Waals surface area contributed by atoms with Gasteiger partial charge in [-0.25, -0.2) is 19.3 Å². The maximum absolute atomic E-state index is 13.3. The highest BCUT2D eigenvalue weighted by Gasteiger charge is 2.26. The number of aliphatic hydroxyl groups is 1. The zero-order valence-corrected chi connectivity index (χ0v) is 28.2. The van der Waals surface area contributed by atoms with Gasteiger partial charge in [-0.15, -0.1) is 0 Å². The van der Waals surface area contributed by atoms with Gasteiger partial charge in [0.2, 0.25) is 5.95 Å². The summed E-state index contributed by atoms with van der Waals surface area (Å²) in [4.78, 5) is 31.8. The van der Waals surface area contributed by atoms with E-state index in [1.165, 1.54) is 5.69 Å². The van der Waals surface area contributed by atoms with Gasteiger partial charge in [0.1, 0.15) is 11.0 Å². The number of benzene rings is 2. The molecule has 3 aliphatic rings. The molecule has 0 unspecified atom stereocenters. The van der Waals surface area contributed by atoms with E-state index in [0.717, 1.165) is 69.7 Å². The van der Waals surface area contributed by atoms with Gasteiger partial charge in [-0.1, -0.05) is 18.2 Å². The number of pyridine rings is 1. The summed E-state index contributed by atoms with van der Waals surface area (Å²) in [5.41, 5.74) is 9.36. The summed E-state index contributed by atoms with van der Waals surface area (Å²) >= 11 is 0. The Labute approximate surface area is 290 Å². The summed E-state index contributed by atoms with van der Waals surface area (Å²) in [6.45, 7) is 8.94. The number of nitrogens with one attached hydrogen (secondary N) is 1. The van der Waals surface area contributed by atoms with Crippen molar-refractivity contribution in [1.82, 2.24) is 24.3 Å². The summed E-state index contributed by atoms with van der Waals surface area (Å²) in [6.07, 6.45) is 6.67. The van der Waals surface area contributed by atoms with Crippen LogP contribution in [0, 0.1) is 0 Å². The fourth-order valence-corrected chi connectivity index (χ4v) is 6.33. The van der Waals surface area contributed by atoms with Crippen LogP contribution >= 0.6 is 0 Å². The summed E-state index contributed by atoms with van der Waals surface area (Å²) < 4.78 is 14.0. The standard InChI is InChI=1S/C27H29N7O3.C10H14N2O/c1-27(36)12-3-2-4-13-33-25(35)21-18-28-26(31-24(21)34(33)23-7-5-6-22(27)30-23)29-19-8-10-20(11-9-19)32-14-16-37-17-15-32;11-9-1-3-10(4-2-9)12-5-7-13-8-6-12/h2,4-11,18,36H,3,12-17H2,1H3,(H,28,29,31);1-4H,5-8,11H2/b4-2-;/t27-;/m0./s1. The van der Waals surface area contributed by atoms with Crippen molar-refractivity contribution < 1.29 is 14.6 Å². The molecule has 1 atom stereocenters. The summed E-state index contributed by atoms with van der Waals surface area (Å²) in [6, 6.07) is 21.6. The third-order valence-electron chi connectivity index (χ3n) is 9.19. The van der Waals surface area contributed by atoms with Crippen molar-refractivity contribution in [2.45, 2.75) is 31.9 Å². The third-order valence-corrected chi connectivity index (χ3v) is 9.19. The smallest absolute Gasteiger partial charge is 0.278 e. The number of nitrogens with zero attached hydrogens (tertiary/aromatic N) is 7. The van der Waals surface area contributed by atoms with E-state index in [-0.39, 0.29) is 5.56 Å². The van der Waals surface area contributed by atoms with Gasteiger partial charge in [0.15, 0.2) is 11.5 Å². The Balaban J connectivity index is 0.000000253. The number of hydrogen-bond donors (Lipinski definition) is 3. The molecule has 3 aliphatic heterocycles. The summed E-state index contributed by atoms with van der Waals surface area (Å²) in [5, 5.41) is 14.7. The summed E-state index contributed by atoms with van der Waals surface area (Å²) in [7, 11) is 0.